The van der Waals surface area contributed by atoms with Gasteiger partial charge in [0.25, 0.3) is 0 Å². The molecule has 0 saturated heterocycles. The van der Waals surface area contributed by atoms with E-state index in [0.29, 0.717) is 0 Å². The highest BCUT2D eigenvalue weighted by Crippen LogP contribution is 2.52. The second-order valence-electron chi connectivity index (χ2n) is 13.6. The first-order valence-electron chi connectivity index (χ1n) is 18.9. The number of aromatic nitrogens is 4. The molecule has 0 atom stereocenters. The predicted molar refractivity (Wildman–Crippen MR) is 244 cm³/mol. The van der Waals surface area contributed by atoms with Gasteiger partial charge >= 0.3 is 0 Å². The van der Waals surface area contributed by atoms with Gasteiger partial charge in [0.2, 0.25) is 0 Å². The lowest BCUT2D eigenvalue weighted by molar-refractivity contribution is 1.26. The highest BCUT2D eigenvalue weighted by molar-refractivity contribution is 8.09. The number of nitrogens with zero attached hydrogens (tertiary/aromatic N) is 6. The Hall–Kier alpha value is -7.13. The number of benzene rings is 7. The Morgan fingerprint density at radius 1 is 0.466 bits per heavy atom. The van der Waals surface area contributed by atoms with Gasteiger partial charge in [0, 0.05) is 67.8 Å². The van der Waals surface area contributed by atoms with Crippen LogP contribution in [0.2, 0.25) is 0 Å². The molecule has 3 heterocycles. The predicted octanol–water partition coefficient (Wildman–Crippen LogP) is 12.0. The number of thiophene rings is 1. The SMILES string of the molecule is C=c1cccc/c1=C(/SN(c1ccccc1)c1ccccc1)c1c2nccnc2c(-c2sc(N(c3ccccc3)c3ccccc3)c3ccccc23)c2nccnc12. The summed E-state index contributed by atoms with van der Waals surface area (Å²) >= 11 is 3.36. The maximum absolute atomic E-state index is 5.15. The van der Waals surface area contributed by atoms with E-state index in [-0.39, 0.29) is 0 Å². The van der Waals surface area contributed by atoms with Crippen LogP contribution in [-0.4, -0.2) is 19.9 Å². The Morgan fingerprint density at radius 2 is 0.897 bits per heavy atom. The van der Waals surface area contributed by atoms with E-state index < -0.39 is 0 Å². The summed E-state index contributed by atoms with van der Waals surface area (Å²) in [5.41, 5.74) is 8.92. The van der Waals surface area contributed by atoms with Crippen molar-refractivity contribution in [2.24, 2.45) is 0 Å². The summed E-state index contributed by atoms with van der Waals surface area (Å²) in [6.45, 7) is 4.52. The summed E-state index contributed by atoms with van der Waals surface area (Å²) < 4.78 is 2.25. The van der Waals surface area contributed by atoms with Crippen LogP contribution >= 0.6 is 23.3 Å². The molecule has 0 aliphatic rings. The zero-order chi connectivity index (χ0) is 38.8. The highest BCUT2D eigenvalue weighted by atomic mass is 32.2. The number of rotatable bonds is 9. The van der Waals surface area contributed by atoms with Crippen LogP contribution < -0.4 is 19.6 Å². The maximum atomic E-state index is 5.15. The molecule has 0 fully saturated rings. The molecule has 0 bridgehead atoms. The Labute approximate surface area is 343 Å². The molecule has 0 amide bonds. The first-order valence-corrected chi connectivity index (χ1v) is 20.5. The van der Waals surface area contributed by atoms with Crippen molar-refractivity contribution in [1.82, 2.24) is 19.9 Å². The molecule has 7 aromatic carbocycles. The van der Waals surface area contributed by atoms with E-state index in [9.17, 15) is 0 Å². The summed E-state index contributed by atoms with van der Waals surface area (Å²) in [6, 6.07) is 58.7. The standard InChI is InChI=1S/C50H34N6S2/c1-34-18-14-15-27-39(34)49(58-56(37-23-10-4-11-24-37)38-25-12-5-13-26-38)43-46-44(51-30-32-53-46)42(45-47(43)54-33-31-52-45)48-40-28-16-17-29-41(40)50(57-48)55(35-19-6-2-7-20-35)36-21-8-3-9-22-36/h2-33H,1H2/b49-39-. The van der Waals surface area contributed by atoms with Gasteiger partial charge in [-0.2, -0.15) is 0 Å². The van der Waals surface area contributed by atoms with Crippen molar-refractivity contribution in [2.45, 2.75) is 0 Å². The van der Waals surface area contributed by atoms with E-state index in [1.165, 1.54) is 0 Å². The second-order valence-corrected chi connectivity index (χ2v) is 15.5. The van der Waals surface area contributed by atoms with E-state index in [4.69, 9.17) is 19.9 Å². The molecule has 10 rings (SSSR count). The van der Waals surface area contributed by atoms with Gasteiger partial charge in [-0.05, 0) is 70.9 Å². The third-order valence-corrected chi connectivity index (χ3v) is 12.5. The zero-order valence-corrected chi connectivity index (χ0v) is 32.8. The van der Waals surface area contributed by atoms with Crippen molar-refractivity contribution in [3.05, 3.63) is 211 Å². The van der Waals surface area contributed by atoms with Crippen molar-refractivity contribution >= 4 is 95.4 Å². The van der Waals surface area contributed by atoms with Gasteiger partial charge in [-0.15, -0.1) is 11.3 Å². The van der Waals surface area contributed by atoms with E-state index in [1.54, 1.807) is 48.1 Å². The third kappa shape index (κ3) is 6.34. The molecule has 0 N–H and O–H groups in total. The van der Waals surface area contributed by atoms with Gasteiger partial charge in [0.05, 0.1) is 11.4 Å². The number of anilines is 5. The minimum atomic E-state index is 0.735. The minimum Gasteiger partial charge on any atom is -0.301 e. The molecule has 6 nitrogen and oxygen atoms in total. The van der Waals surface area contributed by atoms with Gasteiger partial charge in [0.1, 0.15) is 27.1 Å². The molecule has 0 radical (unpaired) electrons. The van der Waals surface area contributed by atoms with E-state index >= 15 is 0 Å². The monoisotopic (exact) mass is 782 g/mol. The molecule has 0 aliphatic heterocycles. The quantitative estimate of drug-likeness (QED) is 0.107. The summed E-state index contributed by atoms with van der Waals surface area (Å²) in [6.07, 6.45) is 7.09. The zero-order valence-electron chi connectivity index (χ0n) is 31.2. The van der Waals surface area contributed by atoms with Gasteiger partial charge < -0.3 is 4.90 Å². The van der Waals surface area contributed by atoms with Crippen LogP contribution in [0.1, 0.15) is 5.56 Å². The average molecular weight is 783 g/mol. The maximum Gasteiger partial charge on any atom is 0.109 e. The normalized spacial score (nSPS) is 11.9. The van der Waals surface area contributed by atoms with Crippen LogP contribution in [0.3, 0.4) is 0 Å². The molecule has 276 valence electrons. The highest BCUT2D eigenvalue weighted by Gasteiger charge is 2.28. The van der Waals surface area contributed by atoms with Crippen molar-refractivity contribution in [1.29, 1.82) is 0 Å². The Morgan fingerprint density at radius 3 is 1.41 bits per heavy atom. The molecule has 0 unspecified atom stereocenters. The molecule has 0 spiro atoms. The summed E-state index contributed by atoms with van der Waals surface area (Å²) in [7, 11) is 0. The van der Waals surface area contributed by atoms with Crippen molar-refractivity contribution in [3.63, 3.8) is 0 Å². The van der Waals surface area contributed by atoms with Gasteiger partial charge in [-0.3, -0.25) is 24.2 Å². The van der Waals surface area contributed by atoms with Crippen LogP contribution in [0.25, 0.3) is 54.8 Å². The van der Waals surface area contributed by atoms with Crippen LogP contribution in [0.4, 0.5) is 27.8 Å². The van der Waals surface area contributed by atoms with Crippen LogP contribution in [0.5, 0.6) is 0 Å². The topological polar surface area (TPSA) is 58.0 Å². The lowest BCUT2D eigenvalue weighted by Crippen LogP contribution is -2.26. The molecular formula is C50H34N6S2. The minimum absolute atomic E-state index is 0.735. The Bertz CT molecular complexity index is 3040. The largest absolute Gasteiger partial charge is 0.301 e. The molecular weight excluding hydrogens is 749 g/mol. The fourth-order valence-corrected chi connectivity index (χ4v) is 10.1. The molecule has 0 saturated carbocycles. The third-order valence-electron chi connectivity index (χ3n) is 10.1. The average Bonchev–Trinajstić information content (AvgIpc) is 3.66. The number of para-hydroxylation sites is 4. The summed E-state index contributed by atoms with van der Waals surface area (Å²) in [5.74, 6) is 0. The number of hydrogen-bond donors (Lipinski definition) is 0. The molecule has 10 aromatic rings. The second kappa shape index (κ2) is 15.4. The molecule has 0 aliphatic carbocycles. The van der Waals surface area contributed by atoms with Gasteiger partial charge in [-0.1, -0.05) is 128 Å². The van der Waals surface area contributed by atoms with Crippen molar-refractivity contribution in [3.8, 4) is 10.4 Å². The Kier molecular flexibility index (Phi) is 9.39. The number of hydrogen-bond acceptors (Lipinski definition) is 8. The lowest BCUT2D eigenvalue weighted by atomic mass is 9.99. The van der Waals surface area contributed by atoms with Crippen LogP contribution in [0, 0.1) is 0 Å². The fraction of sp³-hybridized carbons (Fsp3) is 0. The number of fused-ring (bicyclic) bond motifs is 3. The first kappa shape index (κ1) is 35.3. The fourth-order valence-electron chi connectivity index (χ4n) is 7.47. The Balaban J connectivity index is 1.28. The smallest absolute Gasteiger partial charge is 0.109 e. The van der Waals surface area contributed by atoms with Crippen molar-refractivity contribution < 1.29 is 0 Å². The first-order chi connectivity index (χ1) is 28.7. The van der Waals surface area contributed by atoms with Crippen LogP contribution in [0.15, 0.2) is 195 Å². The van der Waals surface area contributed by atoms with Gasteiger partial charge in [-0.25, -0.2) is 0 Å². The van der Waals surface area contributed by atoms with Crippen LogP contribution in [-0.2, 0) is 0 Å². The van der Waals surface area contributed by atoms with Gasteiger partial charge in [0.15, 0.2) is 0 Å². The van der Waals surface area contributed by atoms with E-state index in [1.807, 2.05) is 24.3 Å². The molecule has 3 aromatic heterocycles. The van der Waals surface area contributed by atoms with E-state index in [2.05, 4.69) is 161 Å². The molecule has 58 heavy (non-hydrogen) atoms. The summed E-state index contributed by atoms with van der Waals surface area (Å²) in [5, 5.41) is 5.19. The van der Waals surface area contributed by atoms with E-state index in [0.717, 1.165) is 91.9 Å². The molecule has 8 heteroatoms. The summed E-state index contributed by atoms with van der Waals surface area (Å²) in [4.78, 5) is 24.9. The van der Waals surface area contributed by atoms with Crippen molar-refractivity contribution in [2.75, 3.05) is 9.21 Å². The lowest BCUT2D eigenvalue weighted by Gasteiger charge is -2.26.